The van der Waals surface area contributed by atoms with Crippen LogP contribution in [-0.2, 0) is 4.74 Å². The number of hydrogen-bond acceptors (Lipinski definition) is 2. The lowest BCUT2D eigenvalue weighted by Crippen LogP contribution is -2.46. The Balaban J connectivity index is 2.61. The maximum Gasteiger partial charge on any atom is 0.0886 e. The van der Waals surface area contributed by atoms with Gasteiger partial charge in [0.05, 0.1) is 11.7 Å². The van der Waals surface area contributed by atoms with Crippen molar-refractivity contribution in [1.82, 2.24) is 0 Å². The zero-order valence-electron chi connectivity index (χ0n) is 11.5. The minimum absolute atomic E-state index is 0.336. The van der Waals surface area contributed by atoms with Crippen molar-refractivity contribution in [2.45, 2.75) is 65.6 Å². The standard InChI is InChI=1S/C14H28O2/c1-6-16-14(4,5)13(15)12-8-10(2)7-11(3)9-12/h10-13,15H,6-9H2,1-5H3. The van der Waals surface area contributed by atoms with E-state index in [-0.39, 0.29) is 6.10 Å². The fourth-order valence-corrected chi connectivity index (χ4v) is 3.29. The highest BCUT2D eigenvalue weighted by Crippen LogP contribution is 2.38. The van der Waals surface area contributed by atoms with Crippen molar-refractivity contribution in [2.75, 3.05) is 6.61 Å². The molecule has 1 aliphatic carbocycles. The van der Waals surface area contributed by atoms with E-state index in [1.807, 2.05) is 20.8 Å². The van der Waals surface area contributed by atoms with Gasteiger partial charge in [0.15, 0.2) is 0 Å². The summed E-state index contributed by atoms with van der Waals surface area (Å²) in [4.78, 5) is 0. The molecule has 1 aliphatic rings. The second-order valence-electron chi connectivity index (χ2n) is 6.16. The van der Waals surface area contributed by atoms with Crippen LogP contribution in [0.4, 0.5) is 0 Å². The highest BCUT2D eigenvalue weighted by Gasteiger charge is 2.38. The number of hydrogen-bond donors (Lipinski definition) is 1. The Labute approximate surface area is 100 Å². The summed E-state index contributed by atoms with van der Waals surface area (Å²) in [6.45, 7) is 11.3. The molecule has 1 fully saturated rings. The smallest absolute Gasteiger partial charge is 0.0886 e. The molecular weight excluding hydrogens is 200 g/mol. The van der Waals surface area contributed by atoms with Gasteiger partial charge in [-0.05, 0) is 57.8 Å². The maximum absolute atomic E-state index is 10.4. The quantitative estimate of drug-likeness (QED) is 0.800. The van der Waals surface area contributed by atoms with Crippen LogP contribution in [0.1, 0.15) is 53.9 Å². The molecule has 0 aromatic rings. The van der Waals surface area contributed by atoms with Crippen LogP contribution >= 0.6 is 0 Å². The second kappa shape index (κ2) is 5.50. The highest BCUT2D eigenvalue weighted by molar-refractivity contribution is 4.88. The van der Waals surface area contributed by atoms with Gasteiger partial charge in [0.1, 0.15) is 0 Å². The Morgan fingerprint density at radius 1 is 1.19 bits per heavy atom. The normalized spacial score (nSPS) is 33.8. The van der Waals surface area contributed by atoms with E-state index in [0.717, 1.165) is 24.7 Å². The molecular formula is C14H28O2. The molecule has 0 heterocycles. The molecule has 0 aliphatic heterocycles. The molecule has 0 spiro atoms. The van der Waals surface area contributed by atoms with Crippen molar-refractivity contribution in [2.24, 2.45) is 17.8 Å². The third-order valence-corrected chi connectivity index (χ3v) is 3.89. The van der Waals surface area contributed by atoms with E-state index in [1.54, 1.807) is 0 Å². The van der Waals surface area contributed by atoms with E-state index in [1.165, 1.54) is 6.42 Å². The van der Waals surface area contributed by atoms with Crippen molar-refractivity contribution >= 4 is 0 Å². The molecule has 0 radical (unpaired) electrons. The molecule has 3 atom stereocenters. The number of ether oxygens (including phenoxy) is 1. The zero-order valence-corrected chi connectivity index (χ0v) is 11.5. The van der Waals surface area contributed by atoms with Crippen molar-refractivity contribution in [3.63, 3.8) is 0 Å². The van der Waals surface area contributed by atoms with E-state index in [4.69, 9.17) is 4.74 Å². The lowest BCUT2D eigenvalue weighted by Gasteiger charge is -2.40. The third kappa shape index (κ3) is 3.46. The van der Waals surface area contributed by atoms with Gasteiger partial charge in [-0.2, -0.15) is 0 Å². The molecule has 0 saturated heterocycles. The summed E-state index contributed by atoms with van der Waals surface area (Å²) in [7, 11) is 0. The summed E-state index contributed by atoms with van der Waals surface area (Å²) in [6.07, 6.45) is 3.25. The fourth-order valence-electron chi connectivity index (χ4n) is 3.29. The molecule has 1 saturated carbocycles. The lowest BCUT2D eigenvalue weighted by molar-refractivity contribution is -0.127. The summed E-state index contributed by atoms with van der Waals surface area (Å²) in [5, 5.41) is 10.4. The fraction of sp³-hybridized carbons (Fsp3) is 1.00. The van der Waals surface area contributed by atoms with E-state index < -0.39 is 5.60 Å². The molecule has 96 valence electrons. The minimum Gasteiger partial charge on any atom is -0.390 e. The van der Waals surface area contributed by atoms with Gasteiger partial charge in [0.2, 0.25) is 0 Å². The van der Waals surface area contributed by atoms with Gasteiger partial charge in [-0.3, -0.25) is 0 Å². The maximum atomic E-state index is 10.4. The average molecular weight is 228 g/mol. The largest absolute Gasteiger partial charge is 0.390 e. The van der Waals surface area contributed by atoms with Crippen LogP contribution in [-0.4, -0.2) is 23.4 Å². The molecule has 0 aromatic carbocycles. The number of aliphatic hydroxyl groups is 1. The van der Waals surface area contributed by atoms with Gasteiger partial charge in [-0.1, -0.05) is 13.8 Å². The Hall–Kier alpha value is -0.0800. The molecule has 2 heteroatoms. The van der Waals surface area contributed by atoms with Crippen LogP contribution < -0.4 is 0 Å². The molecule has 0 amide bonds. The first-order chi connectivity index (χ1) is 7.36. The van der Waals surface area contributed by atoms with E-state index in [0.29, 0.717) is 12.5 Å². The summed E-state index contributed by atoms with van der Waals surface area (Å²) < 4.78 is 5.66. The Bertz CT molecular complexity index is 203. The Morgan fingerprint density at radius 3 is 2.12 bits per heavy atom. The van der Waals surface area contributed by atoms with Crippen LogP contribution in [0.15, 0.2) is 0 Å². The number of rotatable bonds is 4. The second-order valence-corrected chi connectivity index (χ2v) is 6.16. The zero-order chi connectivity index (χ0) is 12.3. The molecule has 2 nitrogen and oxygen atoms in total. The molecule has 0 aromatic heterocycles. The van der Waals surface area contributed by atoms with Gasteiger partial charge in [0.25, 0.3) is 0 Å². The first-order valence-corrected chi connectivity index (χ1v) is 6.68. The van der Waals surface area contributed by atoms with Gasteiger partial charge < -0.3 is 9.84 Å². The van der Waals surface area contributed by atoms with Crippen LogP contribution in [0.3, 0.4) is 0 Å². The first kappa shape index (κ1) is 14.0. The Morgan fingerprint density at radius 2 is 1.69 bits per heavy atom. The molecule has 16 heavy (non-hydrogen) atoms. The van der Waals surface area contributed by atoms with Crippen LogP contribution in [0.25, 0.3) is 0 Å². The summed E-state index contributed by atoms with van der Waals surface area (Å²) >= 11 is 0. The SMILES string of the molecule is CCOC(C)(C)C(O)C1CC(C)CC(C)C1. The molecule has 1 rings (SSSR count). The Kier molecular flexibility index (Phi) is 4.81. The van der Waals surface area contributed by atoms with Gasteiger partial charge in [-0.25, -0.2) is 0 Å². The van der Waals surface area contributed by atoms with Crippen molar-refractivity contribution < 1.29 is 9.84 Å². The molecule has 0 bridgehead atoms. The summed E-state index contributed by atoms with van der Waals surface area (Å²) in [6, 6.07) is 0. The van der Waals surface area contributed by atoms with E-state index in [9.17, 15) is 5.11 Å². The monoisotopic (exact) mass is 228 g/mol. The third-order valence-electron chi connectivity index (χ3n) is 3.89. The van der Waals surface area contributed by atoms with Crippen LogP contribution in [0, 0.1) is 17.8 Å². The highest BCUT2D eigenvalue weighted by atomic mass is 16.5. The van der Waals surface area contributed by atoms with Gasteiger partial charge >= 0.3 is 0 Å². The average Bonchev–Trinajstić information content (AvgIpc) is 2.14. The number of aliphatic hydroxyl groups excluding tert-OH is 1. The van der Waals surface area contributed by atoms with Crippen LogP contribution in [0.2, 0.25) is 0 Å². The van der Waals surface area contributed by atoms with Crippen LogP contribution in [0.5, 0.6) is 0 Å². The predicted octanol–water partition coefficient (Wildman–Crippen LogP) is 3.23. The summed E-state index contributed by atoms with van der Waals surface area (Å²) in [5.41, 5.74) is -0.407. The van der Waals surface area contributed by atoms with E-state index in [2.05, 4.69) is 13.8 Å². The van der Waals surface area contributed by atoms with E-state index >= 15 is 0 Å². The van der Waals surface area contributed by atoms with Crippen molar-refractivity contribution in [1.29, 1.82) is 0 Å². The summed E-state index contributed by atoms with van der Waals surface area (Å²) in [5.74, 6) is 1.88. The molecule has 1 N–H and O–H groups in total. The lowest BCUT2D eigenvalue weighted by atomic mass is 9.72. The van der Waals surface area contributed by atoms with Crippen molar-refractivity contribution in [3.05, 3.63) is 0 Å². The first-order valence-electron chi connectivity index (χ1n) is 6.68. The topological polar surface area (TPSA) is 29.5 Å². The predicted molar refractivity (Wildman–Crippen MR) is 67.4 cm³/mol. The van der Waals surface area contributed by atoms with Gasteiger partial charge in [0, 0.05) is 6.61 Å². The molecule has 3 unspecified atom stereocenters. The minimum atomic E-state index is -0.407. The van der Waals surface area contributed by atoms with Crippen molar-refractivity contribution in [3.8, 4) is 0 Å². The van der Waals surface area contributed by atoms with Gasteiger partial charge in [-0.15, -0.1) is 0 Å².